The first-order valence-electron chi connectivity index (χ1n) is 6.47. The Hall–Kier alpha value is -1.55. The van der Waals surface area contributed by atoms with E-state index >= 15 is 0 Å². The third-order valence-electron chi connectivity index (χ3n) is 3.08. The molecule has 1 atom stereocenters. The molecular weight excluding hydrogens is 274 g/mol. The van der Waals surface area contributed by atoms with E-state index in [4.69, 9.17) is 16.3 Å². The van der Waals surface area contributed by atoms with Crippen LogP contribution in [-0.2, 0) is 6.54 Å². The Kier molecular flexibility index (Phi) is 5.41. The van der Waals surface area contributed by atoms with E-state index in [1.165, 1.54) is 0 Å². The number of hydrogen-bond acceptors (Lipinski definition) is 3. The van der Waals surface area contributed by atoms with Crippen LogP contribution in [0.5, 0.6) is 5.75 Å². The summed E-state index contributed by atoms with van der Waals surface area (Å²) in [6.45, 7) is 1.06. The van der Waals surface area contributed by atoms with Gasteiger partial charge in [0.1, 0.15) is 5.75 Å². The summed E-state index contributed by atoms with van der Waals surface area (Å²) in [6.07, 6.45) is -0.527. The first kappa shape index (κ1) is 14.9. The molecule has 0 saturated heterocycles. The van der Waals surface area contributed by atoms with Crippen LogP contribution < -0.4 is 10.1 Å². The van der Waals surface area contributed by atoms with Gasteiger partial charge in [0, 0.05) is 23.7 Å². The van der Waals surface area contributed by atoms with Gasteiger partial charge in [-0.25, -0.2) is 0 Å². The average Bonchev–Trinajstić information content (AvgIpc) is 2.48. The van der Waals surface area contributed by atoms with Crippen molar-refractivity contribution in [3.8, 4) is 5.75 Å². The number of halogens is 1. The topological polar surface area (TPSA) is 41.5 Å². The SMILES string of the molecule is COc1ccc(Cl)cc1CNC[C@@H](O)c1ccccc1. The standard InChI is InChI=1S/C16H18ClNO2/c1-20-16-8-7-14(17)9-13(16)10-18-11-15(19)12-5-3-2-4-6-12/h2-9,15,18-19H,10-11H2,1H3/t15-/m1/s1. The average molecular weight is 292 g/mol. The minimum atomic E-state index is -0.527. The third-order valence-corrected chi connectivity index (χ3v) is 3.32. The smallest absolute Gasteiger partial charge is 0.123 e. The highest BCUT2D eigenvalue weighted by Gasteiger charge is 2.08. The molecule has 0 unspecified atom stereocenters. The molecule has 0 aliphatic carbocycles. The Balaban J connectivity index is 1.91. The predicted molar refractivity (Wildman–Crippen MR) is 81.1 cm³/mol. The molecule has 4 heteroatoms. The molecule has 0 heterocycles. The largest absolute Gasteiger partial charge is 0.496 e. The van der Waals surface area contributed by atoms with Crippen LogP contribution in [0.3, 0.4) is 0 Å². The second-order valence-corrected chi connectivity index (χ2v) is 4.95. The lowest BCUT2D eigenvalue weighted by atomic mass is 10.1. The monoisotopic (exact) mass is 291 g/mol. The van der Waals surface area contributed by atoms with Crippen LogP contribution in [0.1, 0.15) is 17.2 Å². The second-order valence-electron chi connectivity index (χ2n) is 4.51. The van der Waals surface area contributed by atoms with E-state index in [0.29, 0.717) is 18.1 Å². The maximum absolute atomic E-state index is 10.1. The highest BCUT2D eigenvalue weighted by molar-refractivity contribution is 6.30. The minimum absolute atomic E-state index is 0.472. The molecule has 0 aliphatic rings. The summed E-state index contributed by atoms with van der Waals surface area (Å²) in [6, 6.07) is 15.1. The van der Waals surface area contributed by atoms with Crippen molar-refractivity contribution in [1.29, 1.82) is 0 Å². The van der Waals surface area contributed by atoms with Crippen LogP contribution in [0.25, 0.3) is 0 Å². The fraction of sp³-hybridized carbons (Fsp3) is 0.250. The molecule has 2 rings (SSSR count). The number of methoxy groups -OCH3 is 1. The Morgan fingerprint density at radius 2 is 1.95 bits per heavy atom. The number of benzene rings is 2. The molecule has 0 radical (unpaired) electrons. The van der Waals surface area contributed by atoms with Gasteiger partial charge in [0.2, 0.25) is 0 Å². The van der Waals surface area contributed by atoms with E-state index in [-0.39, 0.29) is 0 Å². The Morgan fingerprint density at radius 3 is 2.65 bits per heavy atom. The summed E-state index contributed by atoms with van der Waals surface area (Å²) in [5, 5.41) is 13.9. The van der Waals surface area contributed by atoms with E-state index in [0.717, 1.165) is 16.9 Å². The number of rotatable bonds is 6. The van der Waals surface area contributed by atoms with Gasteiger partial charge in [0.05, 0.1) is 13.2 Å². The van der Waals surface area contributed by atoms with Crippen LogP contribution in [-0.4, -0.2) is 18.8 Å². The maximum Gasteiger partial charge on any atom is 0.123 e. The van der Waals surface area contributed by atoms with Gasteiger partial charge in [-0.2, -0.15) is 0 Å². The van der Waals surface area contributed by atoms with Crippen molar-refractivity contribution in [3.05, 3.63) is 64.7 Å². The van der Waals surface area contributed by atoms with Gasteiger partial charge in [-0.05, 0) is 23.8 Å². The molecule has 0 amide bonds. The number of aliphatic hydroxyl groups excluding tert-OH is 1. The molecule has 20 heavy (non-hydrogen) atoms. The zero-order valence-corrected chi connectivity index (χ0v) is 12.1. The van der Waals surface area contributed by atoms with E-state index in [1.54, 1.807) is 13.2 Å². The van der Waals surface area contributed by atoms with Crippen molar-refractivity contribution in [2.45, 2.75) is 12.6 Å². The van der Waals surface area contributed by atoms with Crippen molar-refractivity contribution in [2.24, 2.45) is 0 Å². The molecule has 2 N–H and O–H groups in total. The van der Waals surface area contributed by atoms with Crippen molar-refractivity contribution < 1.29 is 9.84 Å². The van der Waals surface area contributed by atoms with Gasteiger partial charge in [0.15, 0.2) is 0 Å². The molecule has 0 saturated carbocycles. The van der Waals surface area contributed by atoms with Gasteiger partial charge < -0.3 is 15.2 Å². The van der Waals surface area contributed by atoms with E-state index in [9.17, 15) is 5.11 Å². The van der Waals surface area contributed by atoms with Crippen LogP contribution in [0, 0.1) is 0 Å². The van der Waals surface area contributed by atoms with Gasteiger partial charge in [-0.15, -0.1) is 0 Å². The molecular formula is C16H18ClNO2. The number of nitrogens with one attached hydrogen (secondary N) is 1. The summed E-state index contributed by atoms with van der Waals surface area (Å²) >= 11 is 5.98. The van der Waals surface area contributed by atoms with Crippen molar-refractivity contribution in [1.82, 2.24) is 5.32 Å². The van der Waals surface area contributed by atoms with Gasteiger partial charge in [-0.3, -0.25) is 0 Å². The summed E-state index contributed by atoms with van der Waals surface area (Å²) in [5.74, 6) is 0.788. The molecule has 0 bridgehead atoms. The molecule has 2 aromatic rings. The van der Waals surface area contributed by atoms with Crippen molar-refractivity contribution in [3.63, 3.8) is 0 Å². The molecule has 3 nitrogen and oxygen atoms in total. The zero-order chi connectivity index (χ0) is 14.4. The molecule has 0 aromatic heterocycles. The lowest BCUT2D eigenvalue weighted by Crippen LogP contribution is -2.21. The minimum Gasteiger partial charge on any atom is -0.496 e. The Labute approximate surface area is 124 Å². The number of hydrogen-bond donors (Lipinski definition) is 2. The molecule has 0 fully saturated rings. The highest BCUT2D eigenvalue weighted by Crippen LogP contribution is 2.22. The lowest BCUT2D eigenvalue weighted by molar-refractivity contribution is 0.174. The van der Waals surface area contributed by atoms with Crippen molar-refractivity contribution >= 4 is 11.6 Å². The third kappa shape index (κ3) is 3.97. The number of aliphatic hydroxyl groups is 1. The van der Waals surface area contributed by atoms with Gasteiger partial charge in [0.25, 0.3) is 0 Å². The summed E-state index contributed by atoms with van der Waals surface area (Å²) in [5.41, 5.74) is 1.87. The van der Waals surface area contributed by atoms with Crippen LogP contribution in [0.4, 0.5) is 0 Å². The van der Waals surface area contributed by atoms with E-state index in [2.05, 4.69) is 5.32 Å². The van der Waals surface area contributed by atoms with E-state index in [1.807, 2.05) is 42.5 Å². The fourth-order valence-electron chi connectivity index (χ4n) is 2.02. The molecule has 0 spiro atoms. The van der Waals surface area contributed by atoms with Crippen LogP contribution >= 0.6 is 11.6 Å². The Bertz CT molecular complexity index is 545. The first-order chi connectivity index (χ1) is 9.70. The normalized spacial score (nSPS) is 12.2. The quantitative estimate of drug-likeness (QED) is 0.859. The number of ether oxygens (including phenoxy) is 1. The predicted octanol–water partition coefficient (Wildman–Crippen LogP) is 3.17. The summed E-state index contributed by atoms with van der Waals surface area (Å²) in [4.78, 5) is 0. The van der Waals surface area contributed by atoms with Crippen LogP contribution in [0.2, 0.25) is 5.02 Å². The van der Waals surface area contributed by atoms with E-state index < -0.39 is 6.10 Å². The second kappa shape index (κ2) is 7.29. The van der Waals surface area contributed by atoms with Crippen molar-refractivity contribution in [2.75, 3.05) is 13.7 Å². The Morgan fingerprint density at radius 1 is 1.20 bits per heavy atom. The fourth-order valence-corrected chi connectivity index (χ4v) is 2.22. The summed E-state index contributed by atoms with van der Waals surface area (Å²) < 4.78 is 5.28. The highest BCUT2D eigenvalue weighted by atomic mass is 35.5. The first-order valence-corrected chi connectivity index (χ1v) is 6.84. The maximum atomic E-state index is 10.1. The van der Waals surface area contributed by atoms with Crippen LogP contribution in [0.15, 0.2) is 48.5 Å². The molecule has 0 aliphatic heterocycles. The van der Waals surface area contributed by atoms with Gasteiger partial charge >= 0.3 is 0 Å². The zero-order valence-electron chi connectivity index (χ0n) is 11.3. The molecule has 106 valence electrons. The lowest BCUT2D eigenvalue weighted by Gasteiger charge is -2.14. The van der Waals surface area contributed by atoms with Gasteiger partial charge in [-0.1, -0.05) is 41.9 Å². The summed E-state index contributed by atoms with van der Waals surface area (Å²) in [7, 11) is 1.63. The molecule has 2 aromatic carbocycles.